The van der Waals surface area contributed by atoms with Crippen LogP contribution in [-0.2, 0) is 16.0 Å². The zero-order valence-electron chi connectivity index (χ0n) is 18.9. The van der Waals surface area contributed by atoms with E-state index >= 15 is 0 Å². The molecule has 0 radical (unpaired) electrons. The second-order valence-electron chi connectivity index (χ2n) is 9.99. The summed E-state index contributed by atoms with van der Waals surface area (Å²) < 4.78 is 5.73. The minimum absolute atomic E-state index is 0.0235. The minimum atomic E-state index is -0.558. The Morgan fingerprint density at radius 3 is 2.35 bits per heavy atom. The van der Waals surface area contributed by atoms with Crippen molar-refractivity contribution in [1.29, 1.82) is 0 Å². The quantitative estimate of drug-likeness (QED) is 0.773. The van der Waals surface area contributed by atoms with Crippen LogP contribution in [0.3, 0.4) is 0 Å². The van der Waals surface area contributed by atoms with Crippen LogP contribution in [0.4, 0.5) is 4.79 Å². The number of hydrogen-bond donors (Lipinski definition) is 1. The van der Waals surface area contributed by atoms with Crippen molar-refractivity contribution in [2.45, 2.75) is 64.6 Å². The van der Waals surface area contributed by atoms with E-state index in [1.165, 1.54) is 0 Å². The Balaban J connectivity index is 1.63. The summed E-state index contributed by atoms with van der Waals surface area (Å²) in [6.07, 6.45) is 2.43. The van der Waals surface area contributed by atoms with E-state index in [4.69, 9.17) is 4.74 Å². The third-order valence-corrected chi connectivity index (χ3v) is 6.29. The van der Waals surface area contributed by atoms with Crippen molar-refractivity contribution in [3.8, 4) is 11.1 Å². The molecule has 2 aromatic rings. The Kier molecular flexibility index (Phi) is 5.54. The molecule has 5 nitrogen and oxygen atoms in total. The number of carbonyl (C=O) groups is 2. The summed E-state index contributed by atoms with van der Waals surface area (Å²) in [6.45, 7) is 7.85. The van der Waals surface area contributed by atoms with Gasteiger partial charge in [-0.15, -0.1) is 0 Å². The third-order valence-electron chi connectivity index (χ3n) is 6.29. The zero-order chi connectivity index (χ0) is 22.2. The standard InChI is InChI=1S/C26H32N2O3/c1-18(29)27-23-22(28(17-26(23)13-14-26)24(30)31-25(2,3)4)16-19-9-8-12-21(15-19)20-10-6-5-7-11-20/h5-12,15,22-23H,13-14,16-17H2,1-4H3,(H,27,29). The lowest BCUT2D eigenvalue weighted by atomic mass is 9.91. The molecule has 164 valence electrons. The van der Waals surface area contributed by atoms with Crippen LogP contribution >= 0.6 is 0 Å². The smallest absolute Gasteiger partial charge is 0.410 e. The van der Waals surface area contributed by atoms with Crippen molar-refractivity contribution in [3.63, 3.8) is 0 Å². The number of ether oxygens (including phenoxy) is 1. The van der Waals surface area contributed by atoms with E-state index in [0.717, 1.165) is 29.5 Å². The maximum absolute atomic E-state index is 13.1. The average molecular weight is 421 g/mol. The molecule has 1 saturated carbocycles. The Labute approximate surface area is 184 Å². The van der Waals surface area contributed by atoms with Gasteiger partial charge in [-0.3, -0.25) is 4.79 Å². The summed E-state index contributed by atoms with van der Waals surface area (Å²) in [6, 6.07) is 18.5. The first-order chi connectivity index (χ1) is 14.7. The molecule has 4 rings (SSSR count). The van der Waals surface area contributed by atoms with Crippen LogP contribution in [0.15, 0.2) is 54.6 Å². The number of nitrogens with one attached hydrogen (secondary N) is 1. The first-order valence-electron chi connectivity index (χ1n) is 11.1. The number of hydrogen-bond acceptors (Lipinski definition) is 3. The Hall–Kier alpha value is -2.82. The van der Waals surface area contributed by atoms with Crippen LogP contribution in [0, 0.1) is 5.41 Å². The summed E-state index contributed by atoms with van der Waals surface area (Å²) in [5, 5.41) is 3.17. The predicted octanol–water partition coefficient (Wildman–Crippen LogP) is 4.80. The van der Waals surface area contributed by atoms with Crippen LogP contribution in [-0.4, -0.2) is 41.1 Å². The molecule has 2 atom stereocenters. The van der Waals surface area contributed by atoms with Crippen LogP contribution in [0.5, 0.6) is 0 Å². The highest BCUT2D eigenvalue weighted by Crippen LogP contribution is 2.55. The van der Waals surface area contributed by atoms with Crippen molar-refractivity contribution in [3.05, 3.63) is 60.2 Å². The minimum Gasteiger partial charge on any atom is -0.444 e. The van der Waals surface area contributed by atoms with Gasteiger partial charge in [0.1, 0.15) is 5.60 Å². The molecule has 2 fully saturated rings. The number of likely N-dealkylation sites (tertiary alicyclic amines) is 1. The summed E-state index contributed by atoms with van der Waals surface area (Å²) in [7, 11) is 0. The zero-order valence-corrected chi connectivity index (χ0v) is 18.9. The number of amides is 2. The van der Waals surface area contributed by atoms with Gasteiger partial charge in [0.25, 0.3) is 0 Å². The van der Waals surface area contributed by atoms with Crippen molar-refractivity contribution >= 4 is 12.0 Å². The van der Waals surface area contributed by atoms with Crippen LogP contribution < -0.4 is 5.32 Å². The van der Waals surface area contributed by atoms with Crippen molar-refractivity contribution in [2.75, 3.05) is 6.54 Å². The fourth-order valence-electron chi connectivity index (χ4n) is 4.74. The van der Waals surface area contributed by atoms with Gasteiger partial charge >= 0.3 is 6.09 Å². The summed E-state index contributed by atoms with van der Waals surface area (Å²) in [4.78, 5) is 27.0. The molecule has 2 amide bonds. The second kappa shape index (κ2) is 8.03. The van der Waals surface area contributed by atoms with E-state index in [1.54, 1.807) is 6.92 Å². The normalized spacial score (nSPS) is 21.7. The van der Waals surface area contributed by atoms with E-state index in [2.05, 4.69) is 41.7 Å². The molecule has 1 heterocycles. The molecular weight excluding hydrogens is 388 g/mol. The van der Waals surface area contributed by atoms with E-state index in [1.807, 2.05) is 43.9 Å². The maximum Gasteiger partial charge on any atom is 0.410 e. The largest absolute Gasteiger partial charge is 0.444 e. The van der Waals surface area contributed by atoms with Gasteiger partial charge in [0, 0.05) is 18.9 Å². The number of nitrogens with zero attached hydrogens (tertiary/aromatic N) is 1. The Morgan fingerprint density at radius 1 is 1.06 bits per heavy atom. The van der Waals surface area contributed by atoms with E-state index in [9.17, 15) is 9.59 Å². The van der Waals surface area contributed by atoms with Gasteiger partial charge in [-0.05, 0) is 56.7 Å². The number of benzene rings is 2. The molecule has 31 heavy (non-hydrogen) atoms. The highest BCUT2D eigenvalue weighted by molar-refractivity contribution is 5.75. The average Bonchev–Trinajstić information content (AvgIpc) is 3.43. The molecule has 2 aromatic carbocycles. The van der Waals surface area contributed by atoms with Crippen molar-refractivity contribution in [2.24, 2.45) is 5.41 Å². The van der Waals surface area contributed by atoms with Crippen LogP contribution in [0.25, 0.3) is 11.1 Å². The first kappa shape index (κ1) is 21.4. The van der Waals surface area contributed by atoms with Gasteiger partial charge in [0.05, 0.1) is 12.1 Å². The fraction of sp³-hybridized carbons (Fsp3) is 0.462. The molecule has 1 spiro atoms. The van der Waals surface area contributed by atoms with Gasteiger partial charge in [-0.2, -0.15) is 0 Å². The summed E-state index contributed by atoms with van der Waals surface area (Å²) >= 11 is 0. The van der Waals surface area contributed by atoms with Gasteiger partial charge in [0.15, 0.2) is 0 Å². The third kappa shape index (κ3) is 4.76. The van der Waals surface area contributed by atoms with Crippen LogP contribution in [0.1, 0.15) is 46.1 Å². The maximum atomic E-state index is 13.1. The topological polar surface area (TPSA) is 58.6 Å². The highest BCUT2D eigenvalue weighted by atomic mass is 16.6. The van der Waals surface area contributed by atoms with Crippen LogP contribution in [0.2, 0.25) is 0 Å². The second-order valence-corrected chi connectivity index (χ2v) is 9.99. The van der Waals surface area contributed by atoms with Gasteiger partial charge < -0.3 is 15.0 Å². The molecular formula is C26H32N2O3. The van der Waals surface area contributed by atoms with E-state index in [-0.39, 0.29) is 29.5 Å². The number of carbonyl (C=O) groups excluding carboxylic acids is 2. The molecule has 1 aliphatic carbocycles. The summed E-state index contributed by atoms with van der Waals surface area (Å²) in [5.41, 5.74) is 2.88. The van der Waals surface area contributed by atoms with Gasteiger partial charge in [0.2, 0.25) is 5.91 Å². The molecule has 1 N–H and O–H groups in total. The molecule has 0 aromatic heterocycles. The SMILES string of the molecule is CC(=O)NC1C(Cc2cccc(-c3ccccc3)c2)N(C(=O)OC(C)(C)C)CC12CC2. The highest BCUT2D eigenvalue weighted by Gasteiger charge is 2.61. The monoisotopic (exact) mass is 420 g/mol. The first-order valence-corrected chi connectivity index (χ1v) is 11.1. The molecule has 2 unspecified atom stereocenters. The van der Waals surface area contributed by atoms with Crippen molar-refractivity contribution < 1.29 is 14.3 Å². The van der Waals surface area contributed by atoms with E-state index in [0.29, 0.717) is 13.0 Å². The lowest BCUT2D eigenvalue weighted by Gasteiger charge is -2.31. The lowest BCUT2D eigenvalue weighted by molar-refractivity contribution is -0.120. The Morgan fingerprint density at radius 2 is 1.74 bits per heavy atom. The fourth-order valence-corrected chi connectivity index (χ4v) is 4.74. The van der Waals surface area contributed by atoms with E-state index < -0.39 is 5.60 Å². The Bertz CT molecular complexity index is 960. The molecule has 2 aliphatic rings. The van der Waals surface area contributed by atoms with Gasteiger partial charge in [-0.1, -0.05) is 54.6 Å². The molecule has 1 saturated heterocycles. The summed E-state index contributed by atoms with van der Waals surface area (Å²) in [5.74, 6) is -0.0506. The predicted molar refractivity (Wildman–Crippen MR) is 122 cm³/mol. The molecule has 0 bridgehead atoms. The van der Waals surface area contributed by atoms with Crippen molar-refractivity contribution in [1.82, 2.24) is 10.2 Å². The lowest BCUT2D eigenvalue weighted by Crippen LogP contribution is -2.50. The molecule has 5 heteroatoms. The molecule has 1 aliphatic heterocycles. The van der Waals surface area contributed by atoms with Gasteiger partial charge in [-0.25, -0.2) is 4.79 Å². The number of rotatable bonds is 4.